The summed E-state index contributed by atoms with van der Waals surface area (Å²) in [5.74, 6) is 0.904. The lowest BCUT2D eigenvalue weighted by atomic mass is 9.84. The fourth-order valence-corrected chi connectivity index (χ4v) is 4.00. The van der Waals surface area contributed by atoms with Gasteiger partial charge in [0.1, 0.15) is 0 Å². The van der Waals surface area contributed by atoms with Crippen molar-refractivity contribution in [2.24, 2.45) is 11.7 Å². The lowest BCUT2D eigenvalue weighted by Gasteiger charge is -2.37. The molecule has 2 N–H and O–H groups in total. The Morgan fingerprint density at radius 1 is 1.50 bits per heavy atom. The van der Waals surface area contributed by atoms with E-state index in [9.17, 15) is 0 Å². The van der Waals surface area contributed by atoms with Crippen LogP contribution in [0.4, 0.5) is 0 Å². The third-order valence-electron chi connectivity index (χ3n) is 4.29. The predicted octanol–water partition coefficient (Wildman–Crippen LogP) is 3.57. The van der Waals surface area contributed by atoms with E-state index in [1.54, 1.807) is 0 Å². The summed E-state index contributed by atoms with van der Waals surface area (Å²) in [4.78, 5) is 3.96. The zero-order valence-corrected chi connectivity index (χ0v) is 12.7. The molecule has 0 aromatic carbocycles. The molecule has 2 nitrogen and oxygen atoms in total. The second-order valence-electron chi connectivity index (χ2n) is 5.72. The molecule has 0 amide bonds. The normalized spacial score (nSPS) is 19.8. The van der Waals surface area contributed by atoms with Crippen LogP contribution in [0.5, 0.6) is 0 Å². The summed E-state index contributed by atoms with van der Waals surface area (Å²) in [6.45, 7) is 5.60. The van der Waals surface area contributed by atoms with Gasteiger partial charge in [0.15, 0.2) is 0 Å². The Hall–Kier alpha value is -0.380. The van der Waals surface area contributed by atoms with Crippen molar-refractivity contribution in [3.8, 4) is 0 Å². The summed E-state index contributed by atoms with van der Waals surface area (Å²) in [6.07, 6.45) is 5.27. The largest absolute Gasteiger partial charge is 0.326 e. The lowest BCUT2D eigenvalue weighted by molar-refractivity contribution is 0.146. The van der Waals surface area contributed by atoms with Crippen molar-refractivity contribution in [1.82, 2.24) is 4.90 Å². The molecule has 1 aromatic heterocycles. The molecule has 1 aliphatic rings. The number of hydrogen-bond acceptors (Lipinski definition) is 3. The molecule has 0 bridgehead atoms. The Morgan fingerprint density at radius 2 is 2.22 bits per heavy atom. The average molecular weight is 266 g/mol. The Bertz CT molecular complexity index is 370. The quantitative estimate of drug-likeness (QED) is 0.853. The second-order valence-corrected chi connectivity index (χ2v) is 6.67. The molecule has 1 aliphatic carbocycles. The standard InChI is InChI=1S/C15H26N2S/c1-4-13(16)14(15-11(2)8-9-18-15)17(3)10-12-6-5-7-12/h8-9,12-14H,4-7,10,16H2,1-3H3. The molecule has 2 rings (SSSR count). The van der Waals surface area contributed by atoms with Gasteiger partial charge < -0.3 is 5.73 Å². The first-order valence-corrected chi connectivity index (χ1v) is 8.01. The Labute approximate surface area is 115 Å². The van der Waals surface area contributed by atoms with E-state index in [-0.39, 0.29) is 6.04 Å². The van der Waals surface area contributed by atoms with Crippen molar-refractivity contribution in [2.75, 3.05) is 13.6 Å². The van der Waals surface area contributed by atoms with Crippen molar-refractivity contribution in [1.29, 1.82) is 0 Å². The van der Waals surface area contributed by atoms with Gasteiger partial charge in [-0.05, 0) is 56.2 Å². The number of rotatable bonds is 6. The number of nitrogens with zero attached hydrogens (tertiary/aromatic N) is 1. The molecule has 1 aromatic rings. The van der Waals surface area contributed by atoms with Crippen molar-refractivity contribution in [3.63, 3.8) is 0 Å². The summed E-state index contributed by atoms with van der Waals surface area (Å²) >= 11 is 1.86. The highest BCUT2D eigenvalue weighted by Crippen LogP contribution is 2.34. The molecule has 3 heteroatoms. The van der Waals surface area contributed by atoms with Crippen LogP contribution in [0.25, 0.3) is 0 Å². The van der Waals surface area contributed by atoms with Gasteiger partial charge in [-0.2, -0.15) is 0 Å². The van der Waals surface area contributed by atoms with E-state index in [0.717, 1.165) is 12.3 Å². The number of aryl methyl sites for hydroxylation is 1. The minimum atomic E-state index is 0.243. The van der Waals surface area contributed by atoms with Gasteiger partial charge in [-0.15, -0.1) is 11.3 Å². The van der Waals surface area contributed by atoms with Gasteiger partial charge in [0.25, 0.3) is 0 Å². The van der Waals surface area contributed by atoms with Crippen LogP contribution in [-0.2, 0) is 0 Å². The fraction of sp³-hybridized carbons (Fsp3) is 0.733. The van der Waals surface area contributed by atoms with Gasteiger partial charge in [-0.25, -0.2) is 0 Å². The fourth-order valence-electron chi connectivity index (χ4n) is 2.83. The first kappa shape index (κ1) is 14.0. The maximum absolute atomic E-state index is 6.38. The maximum atomic E-state index is 6.38. The number of thiophene rings is 1. The monoisotopic (exact) mass is 266 g/mol. The molecule has 0 radical (unpaired) electrons. The molecule has 0 saturated heterocycles. The number of likely N-dealkylation sites (N-methyl/N-ethyl adjacent to an activating group) is 1. The van der Waals surface area contributed by atoms with Gasteiger partial charge in [0, 0.05) is 17.5 Å². The van der Waals surface area contributed by atoms with Crippen LogP contribution < -0.4 is 5.73 Å². The highest BCUT2D eigenvalue weighted by atomic mass is 32.1. The van der Waals surface area contributed by atoms with E-state index in [1.807, 2.05) is 11.3 Å². The van der Waals surface area contributed by atoms with E-state index in [4.69, 9.17) is 5.73 Å². The summed E-state index contributed by atoms with van der Waals surface area (Å²) in [7, 11) is 2.25. The van der Waals surface area contributed by atoms with Crippen LogP contribution in [0.2, 0.25) is 0 Å². The van der Waals surface area contributed by atoms with Gasteiger partial charge in [0.05, 0.1) is 6.04 Å². The number of nitrogens with two attached hydrogens (primary N) is 1. The third kappa shape index (κ3) is 2.95. The van der Waals surface area contributed by atoms with Crippen LogP contribution in [0.1, 0.15) is 49.1 Å². The molecular weight excluding hydrogens is 240 g/mol. The molecule has 0 aliphatic heterocycles. The molecule has 0 spiro atoms. The first-order valence-electron chi connectivity index (χ1n) is 7.13. The van der Waals surface area contributed by atoms with Gasteiger partial charge in [-0.3, -0.25) is 4.90 Å². The Kier molecular flexibility index (Phi) is 4.82. The SMILES string of the molecule is CCC(N)C(c1sccc1C)N(C)CC1CCC1. The highest BCUT2D eigenvalue weighted by Gasteiger charge is 2.28. The zero-order chi connectivity index (χ0) is 13.1. The first-order chi connectivity index (χ1) is 8.63. The highest BCUT2D eigenvalue weighted by molar-refractivity contribution is 7.10. The minimum Gasteiger partial charge on any atom is -0.326 e. The molecular formula is C15H26N2S. The van der Waals surface area contributed by atoms with E-state index in [0.29, 0.717) is 6.04 Å². The van der Waals surface area contributed by atoms with Crippen LogP contribution >= 0.6 is 11.3 Å². The Balaban J connectivity index is 2.11. The van der Waals surface area contributed by atoms with E-state index < -0.39 is 0 Å². The number of hydrogen-bond donors (Lipinski definition) is 1. The second kappa shape index (κ2) is 6.18. The molecule has 18 heavy (non-hydrogen) atoms. The third-order valence-corrected chi connectivity index (χ3v) is 5.38. The molecule has 1 saturated carbocycles. The lowest BCUT2D eigenvalue weighted by Crippen LogP contribution is -2.41. The van der Waals surface area contributed by atoms with E-state index in [1.165, 1.54) is 36.2 Å². The van der Waals surface area contributed by atoms with E-state index >= 15 is 0 Å². The predicted molar refractivity (Wildman–Crippen MR) is 80.0 cm³/mol. The van der Waals surface area contributed by atoms with Crippen LogP contribution in [0.3, 0.4) is 0 Å². The van der Waals surface area contributed by atoms with Crippen LogP contribution in [0, 0.1) is 12.8 Å². The average Bonchev–Trinajstić information content (AvgIpc) is 2.70. The van der Waals surface area contributed by atoms with Crippen molar-refractivity contribution >= 4 is 11.3 Å². The smallest absolute Gasteiger partial charge is 0.0593 e. The summed E-state index contributed by atoms with van der Waals surface area (Å²) in [6, 6.07) is 2.86. The molecule has 1 heterocycles. The topological polar surface area (TPSA) is 29.3 Å². The maximum Gasteiger partial charge on any atom is 0.0593 e. The summed E-state index contributed by atoms with van der Waals surface area (Å²) in [5.41, 5.74) is 7.78. The zero-order valence-electron chi connectivity index (χ0n) is 11.9. The summed E-state index contributed by atoms with van der Waals surface area (Å²) < 4.78 is 0. The van der Waals surface area contributed by atoms with Crippen LogP contribution in [0.15, 0.2) is 11.4 Å². The van der Waals surface area contributed by atoms with E-state index in [2.05, 4.69) is 37.2 Å². The summed E-state index contributed by atoms with van der Waals surface area (Å²) in [5, 5.41) is 2.19. The molecule has 102 valence electrons. The van der Waals surface area contributed by atoms with Crippen molar-refractivity contribution in [3.05, 3.63) is 21.9 Å². The van der Waals surface area contributed by atoms with Crippen molar-refractivity contribution in [2.45, 2.75) is 51.6 Å². The van der Waals surface area contributed by atoms with Gasteiger partial charge in [0.2, 0.25) is 0 Å². The molecule has 1 fully saturated rings. The van der Waals surface area contributed by atoms with Crippen LogP contribution in [-0.4, -0.2) is 24.5 Å². The Morgan fingerprint density at radius 3 is 2.67 bits per heavy atom. The minimum absolute atomic E-state index is 0.243. The van der Waals surface area contributed by atoms with Gasteiger partial charge >= 0.3 is 0 Å². The van der Waals surface area contributed by atoms with Gasteiger partial charge in [-0.1, -0.05) is 13.3 Å². The molecule has 2 atom stereocenters. The van der Waals surface area contributed by atoms with Crippen molar-refractivity contribution < 1.29 is 0 Å². The molecule has 2 unspecified atom stereocenters.